The van der Waals surface area contributed by atoms with Crippen LogP contribution in [0.1, 0.15) is 11.1 Å². The molecule has 6 nitrogen and oxygen atoms in total. The number of amides is 1. The van der Waals surface area contributed by atoms with E-state index in [0.29, 0.717) is 0 Å². The highest BCUT2D eigenvalue weighted by molar-refractivity contribution is 5.66. The van der Waals surface area contributed by atoms with Crippen molar-refractivity contribution in [2.24, 2.45) is 0 Å². The van der Waals surface area contributed by atoms with E-state index < -0.39 is 24.9 Å². The molecule has 0 heterocycles. The minimum atomic E-state index is -1.75. The van der Waals surface area contributed by atoms with Gasteiger partial charge in [0.1, 0.15) is 18.8 Å². The van der Waals surface area contributed by atoms with Gasteiger partial charge in [-0.2, -0.15) is 5.06 Å². The van der Waals surface area contributed by atoms with Gasteiger partial charge in [-0.25, -0.2) is 9.18 Å². The van der Waals surface area contributed by atoms with Crippen LogP contribution >= 0.6 is 0 Å². The van der Waals surface area contributed by atoms with E-state index >= 15 is 0 Å². The molecule has 0 unspecified atom stereocenters. The Labute approximate surface area is 158 Å². The number of hydrogen-bond donors (Lipinski definition) is 1. The van der Waals surface area contributed by atoms with Crippen LogP contribution in [0.4, 0.5) is 9.18 Å². The summed E-state index contributed by atoms with van der Waals surface area (Å²) in [4.78, 5) is 17.3. The summed E-state index contributed by atoms with van der Waals surface area (Å²) in [6.45, 7) is -0.671. The molecule has 7 heteroatoms. The van der Waals surface area contributed by atoms with Crippen LogP contribution < -0.4 is 0 Å². The molecule has 0 aromatic heterocycles. The molecule has 0 bridgehead atoms. The molecule has 0 saturated carbocycles. The third-order valence-electron chi connectivity index (χ3n) is 3.88. The van der Waals surface area contributed by atoms with Gasteiger partial charge in [0.2, 0.25) is 0 Å². The van der Waals surface area contributed by atoms with E-state index in [9.17, 15) is 14.3 Å². The lowest BCUT2D eigenvalue weighted by atomic mass is 10.2. The topological polar surface area (TPSA) is 68.2 Å². The maximum Gasteiger partial charge on any atom is 0.434 e. The molecule has 2 aromatic rings. The minimum absolute atomic E-state index is 0.0210. The molecule has 0 aliphatic carbocycles. The fourth-order valence-electron chi connectivity index (χ4n) is 2.44. The standard InChI is InChI=1S/C20H24FNO5/c1-25-22(20(24)27-14-17-10-6-3-7-11-17)19(18(21)12-23)15-26-13-16-8-4-2-5-9-16/h2-11,18-19,23H,12-15H2,1H3/t18-,19-/m1/s1. The van der Waals surface area contributed by atoms with Gasteiger partial charge in [-0.05, 0) is 11.1 Å². The first-order valence-electron chi connectivity index (χ1n) is 8.56. The number of aliphatic hydroxyl groups is 1. The van der Waals surface area contributed by atoms with Crippen LogP contribution in [0.3, 0.4) is 0 Å². The quantitative estimate of drug-likeness (QED) is 0.645. The molecule has 1 N–H and O–H groups in total. The number of hydrogen-bond acceptors (Lipinski definition) is 5. The van der Waals surface area contributed by atoms with Gasteiger partial charge in [0, 0.05) is 0 Å². The van der Waals surface area contributed by atoms with E-state index in [0.717, 1.165) is 16.2 Å². The Balaban J connectivity index is 1.95. The zero-order chi connectivity index (χ0) is 19.5. The summed E-state index contributed by atoms with van der Waals surface area (Å²) in [5, 5.41) is 9.95. The zero-order valence-electron chi connectivity index (χ0n) is 15.2. The lowest BCUT2D eigenvalue weighted by molar-refractivity contribution is -0.170. The second-order valence-electron chi connectivity index (χ2n) is 5.82. The van der Waals surface area contributed by atoms with Crippen molar-refractivity contribution in [3.63, 3.8) is 0 Å². The smallest absolute Gasteiger partial charge is 0.434 e. The number of ether oxygens (including phenoxy) is 2. The summed E-state index contributed by atoms with van der Waals surface area (Å²) < 4.78 is 24.9. The number of carbonyl (C=O) groups is 1. The number of carbonyl (C=O) groups excluding carboxylic acids is 1. The van der Waals surface area contributed by atoms with Crippen molar-refractivity contribution in [2.45, 2.75) is 25.4 Å². The van der Waals surface area contributed by atoms with E-state index in [1.807, 2.05) is 48.5 Å². The molecule has 2 atom stereocenters. The normalized spacial score (nSPS) is 13.0. The van der Waals surface area contributed by atoms with Gasteiger partial charge in [-0.15, -0.1) is 0 Å². The van der Waals surface area contributed by atoms with Gasteiger partial charge < -0.3 is 14.6 Å². The summed E-state index contributed by atoms with van der Waals surface area (Å²) in [6, 6.07) is 17.3. The SMILES string of the molecule is CON(C(=O)OCc1ccccc1)[C@H](COCc1ccccc1)[C@H](F)CO. The van der Waals surface area contributed by atoms with Crippen molar-refractivity contribution in [1.29, 1.82) is 0 Å². The van der Waals surface area contributed by atoms with Crippen LogP contribution in [-0.4, -0.2) is 48.8 Å². The molecule has 2 aromatic carbocycles. The molecule has 0 saturated heterocycles. The van der Waals surface area contributed by atoms with Crippen LogP contribution in [0, 0.1) is 0 Å². The van der Waals surface area contributed by atoms with E-state index in [2.05, 4.69) is 0 Å². The van der Waals surface area contributed by atoms with Crippen LogP contribution in [0.2, 0.25) is 0 Å². The molecular formula is C20H24FNO5. The largest absolute Gasteiger partial charge is 0.443 e. The Hall–Kier alpha value is -2.48. The number of alkyl halides is 1. The van der Waals surface area contributed by atoms with Crippen LogP contribution in [0.25, 0.3) is 0 Å². The van der Waals surface area contributed by atoms with Gasteiger partial charge in [-0.1, -0.05) is 60.7 Å². The molecule has 27 heavy (non-hydrogen) atoms. The first-order valence-corrected chi connectivity index (χ1v) is 8.56. The highest BCUT2D eigenvalue weighted by atomic mass is 19.1. The number of halogens is 1. The van der Waals surface area contributed by atoms with E-state index in [4.69, 9.17) is 14.3 Å². The van der Waals surface area contributed by atoms with Crippen molar-refractivity contribution in [3.8, 4) is 0 Å². The van der Waals surface area contributed by atoms with Crippen molar-refractivity contribution in [3.05, 3.63) is 71.8 Å². The predicted molar refractivity (Wildman–Crippen MR) is 97.3 cm³/mol. The fourth-order valence-corrected chi connectivity index (χ4v) is 2.44. The Morgan fingerprint density at radius 2 is 1.59 bits per heavy atom. The average molecular weight is 377 g/mol. The fraction of sp³-hybridized carbons (Fsp3) is 0.350. The van der Waals surface area contributed by atoms with Crippen LogP contribution in [0.5, 0.6) is 0 Å². The molecule has 146 valence electrons. The summed E-state index contributed by atoms with van der Waals surface area (Å²) in [5.74, 6) is 0. The molecule has 0 spiro atoms. The Kier molecular flexibility index (Phi) is 8.70. The lowest BCUT2D eigenvalue weighted by Gasteiger charge is -2.30. The number of nitrogens with zero attached hydrogens (tertiary/aromatic N) is 1. The number of aliphatic hydroxyl groups excluding tert-OH is 1. The average Bonchev–Trinajstić information content (AvgIpc) is 2.72. The molecule has 0 aliphatic heterocycles. The Bertz CT molecular complexity index is 671. The van der Waals surface area contributed by atoms with Gasteiger partial charge in [0.25, 0.3) is 0 Å². The van der Waals surface area contributed by atoms with E-state index in [1.165, 1.54) is 7.11 Å². The molecular weight excluding hydrogens is 353 g/mol. The van der Waals surface area contributed by atoms with Crippen molar-refractivity contribution >= 4 is 6.09 Å². The first-order chi connectivity index (χ1) is 13.2. The maximum atomic E-state index is 14.2. The maximum absolute atomic E-state index is 14.2. The molecule has 0 aliphatic rings. The number of hydroxylamine groups is 2. The number of rotatable bonds is 10. The predicted octanol–water partition coefficient (Wildman–Crippen LogP) is 3.10. The van der Waals surface area contributed by atoms with Crippen LogP contribution in [0.15, 0.2) is 60.7 Å². The van der Waals surface area contributed by atoms with Gasteiger partial charge >= 0.3 is 6.09 Å². The highest BCUT2D eigenvalue weighted by Gasteiger charge is 2.33. The summed E-state index contributed by atoms with van der Waals surface area (Å²) in [6.07, 6.45) is -2.60. The third-order valence-corrected chi connectivity index (χ3v) is 3.88. The van der Waals surface area contributed by atoms with Crippen LogP contribution in [-0.2, 0) is 27.5 Å². The highest BCUT2D eigenvalue weighted by Crippen LogP contribution is 2.14. The summed E-state index contributed by atoms with van der Waals surface area (Å²) in [7, 11) is 1.23. The second-order valence-corrected chi connectivity index (χ2v) is 5.82. The Morgan fingerprint density at radius 3 is 2.11 bits per heavy atom. The van der Waals surface area contributed by atoms with Crippen molar-refractivity contribution in [1.82, 2.24) is 5.06 Å². The van der Waals surface area contributed by atoms with E-state index in [1.54, 1.807) is 12.1 Å². The van der Waals surface area contributed by atoms with Gasteiger partial charge in [0.15, 0.2) is 0 Å². The minimum Gasteiger partial charge on any atom is -0.443 e. The third kappa shape index (κ3) is 6.63. The lowest BCUT2D eigenvalue weighted by Crippen LogP contribution is -2.49. The second kappa shape index (κ2) is 11.3. The summed E-state index contributed by atoms with van der Waals surface area (Å²) in [5.41, 5.74) is 1.70. The Morgan fingerprint density at radius 1 is 1.04 bits per heavy atom. The first kappa shape index (κ1) is 20.8. The monoisotopic (exact) mass is 377 g/mol. The van der Waals surface area contributed by atoms with E-state index in [-0.39, 0.29) is 19.8 Å². The summed E-state index contributed by atoms with van der Waals surface area (Å²) >= 11 is 0. The van der Waals surface area contributed by atoms with Crippen molar-refractivity contribution < 1.29 is 28.6 Å². The van der Waals surface area contributed by atoms with Gasteiger partial charge in [-0.3, -0.25) is 4.84 Å². The zero-order valence-corrected chi connectivity index (χ0v) is 15.2. The molecule has 2 rings (SSSR count). The molecule has 0 fully saturated rings. The van der Waals surface area contributed by atoms with Gasteiger partial charge in [0.05, 0.1) is 26.9 Å². The molecule has 0 radical (unpaired) electrons. The van der Waals surface area contributed by atoms with Crippen molar-refractivity contribution in [2.75, 3.05) is 20.3 Å². The number of benzene rings is 2. The molecule has 1 amide bonds.